The molecule has 0 heterocycles. The first-order valence-corrected chi connectivity index (χ1v) is 1.29. The summed E-state index contributed by atoms with van der Waals surface area (Å²) >= 11 is 0. The number of hydrogen-bond acceptors (Lipinski definition) is 2. The topological polar surface area (TPSA) is 46.1 Å². The van der Waals surface area contributed by atoms with E-state index in [0.29, 0.717) is 12.5 Å². The molecule has 0 amide bonds. The number of rotatable bonds is 0. The van der Waals surface area contributed by atoms with E-state index >= 15 is 0 Å². The molecule has 0 aromatic rings. The summed E-state index contributed by atoms with van der Waals surface area (Å²) in [6.45, 7) is 5.61. The molecule has 0 aliphatic heterocycles. The van der Waals surface area contributed by atoms with E-state index in [4.69, 9.17) is 10.2 Å². The molecule has 0 N–H and O–H groups in total. The van der Waals surface area contributed by atoms with Gasteiger partial charge < -0.3 is 10.2 Å². The third kappa shape index (κ3) is 3660. The quantitative estimate of drug-likeness (QED) is 0.284. The molecule has 0 spiro atoms. The van der Waals surface area contributed by atoms with E-state index in [1.807, 2.05) is 0 Å². The summed E-state index contributed by atoms with van der Waals surface area (Å²) in [6.07, 6.45) is 1.00. The van der Waals surface area contributed by atoms with Gasteiger partial charge in [-0.2, -0.15) is 12.5 Å². The van der Waals surface area contributed by atoms with Crippen molar-refractivity contribution in [3.63, 3.8) is 0 Å². The van der Waals surface area contributed by atoms with Crippen LogP contribution >= 0.6 is 0 Å². The van der Waals surface area contributed by atoms with E-state index in [1.165, 1.54) is 0 Å². The summed E-state index contributed by atoms with van der Waals surface area (Å²) in [5.41, 5.74) is 0. The second-order valence-corrected chi connectivity index (χ2v) is 0.333. The first kappa shape index (κ1) is 15.8. The molecular formula is C4H6MgO2. The van der Waals surface area contributed by atoms with Gasteiger partial charge in [0, 0.05) is 0 Å². The van der Waals surface area contributed by atoms with Gasteiger partial charge in [0.15, 0.2) is 0 Å². The molecule has 0 saturated heterocycles. The van der Waals surface area contributed by atoms with Crippen molar-refractivity contribution in [1.29, 1.82) is 0 Å². The van der Waals surface area contributed by atoms with Crippen LogP contribution in [0.15, 0.2) is 25.7 Å². The van der Waals surface area contributed by atoms with Crippen LogP contribution in [0.4, 0.5) is 0 Å². The molecule has 7 heavy (non-hydrogen) atoms. The molecule has 0 fully saturated rings. The zero-order valence-corrected chi connectivity index (χ0v) is 5.51. The third-order valence-electron chi connectivity index (χ3n) is 0. The molecule has 3 heteroatoms. The van der Waals surface area contributed by atoms with E-state index < -0.39 is 0 Å². The first-order valence-electron chi connectivity index (χ1n) is 1.29. The van der Waals surface area contributed by atoms with Crippen LogP contribution < -0.4 is 10.2 Å². The maximum absolute atomic E-state index is 8.69. The molecule has 0 rings (SSSR count). The van der Waals surface area contributed by atoms with Crippen molar-refractivity contribution in [3.8, 4) is 0 Å². The molecule has 0 aliphatic rings. The largest absolute Gasteiger partial charge is 2.00 e. The summed E-state index contributed by atoms with van der Waals surface area (Å²) in [7, 11) is 0. The van der Waals surface area contributed by atoms with Gasteiger partial charge in [-0.1, -0.05) is 0 Å². The predicted octanol–water partition coefficient (Wildman–Crippen LogP) is -1.40. The van der Waals surface area contributed by atoms with Crippen molar-refractivity contribution >= 4 is 23.1 Å². The van der Waals surface area contributed by atoms with Crippen LogP contribution in [0.1, 0.15) is 0 Å². The molecule has 0 aromatic carbocycles. The normalized spacial score (nSPS) is 3.43. The van der Waals surface area contributed by atoms with E-state index in [-0.39, 0.29) is 23.1 Å². The Kier molecular flexibility index (Phi) is 91.0. The Morgan fingerprint density at radius 1 is 1.00 bits per heavy atom. The third-order valence-corrected chi connectivity index (χ3v) is 0. The fourth-order valence-electron chi connectivity index (χ4n) is 0. The Bertz CT molecular complexity index is 30.7. The maximum atomic E-state index is 8.69. The Morgan fingerprint density at radius 2 is 1.00 bits per heavy atom. The monoisotopic (exact) mass is 110 g/mol. The Labute approximate surface area is 59.3 Å². The average molecular weight is 110 g/mol. The molecule has 0 aromatic heterocycles. The van der Waals surface area contributed by atoms with Gasteiger partial charge in [0.25, 0.3) is 0 Å². The molecule has 0 aliphatic carbocycles. The van der Waals surface area contributed by atoms with Gasteiger partial charge >= 0.3 is 23.1 Å². The van der Waals surface area contributed by atoms with Crippen LogP contribution in [0, 0.1) is 0 Å². The fraction of sp³-hybridized carbons (Fsp3) is 0. The van der Waals surface area contributed by atoms with Crippen molar-refractivity contribution < 1.29 is 10.2 Å². The molecule has 0 bridgehead atoms. The second kappa shape index (κ2) is 40.3. The molecule has 2 nitrogen and oxygen atoms in total. The van der Waals surface area contributed by atoms with Gasteiger partial charge in [0.2, 0.25) is 0 Å². The molecule has 0 saturated carbocycles. The van der Waals surface area contributed by atoms with Gasteiger partial charge in [-0.05, 0) is 0 Å². The molecule has 0 radical (unpaired) electrons. The van der Waals surface area contributed by atoms with Crippen LogP contribution in [0.25, 0.3) is 0 Å². The zero-order chi connectivity index (χ0) is 5.41. The van der Waals surface area contributed by atoms with Crippen LogP contribution in [-0.2, 0) is 0 Å². The Hall–Kier alpha value is -0.154. The van der Waals surface area contributed by atoms with Gasteiger partial charge in [0.1, 0.15) is 0 Å². The smallest absolute Gasteiger partial charge is 0.878 e. The van der Waals surface area contributed by atoms with Crippen molar-refractivity contribution in [3.05, 3.63) is 25.7 Å². The maximum Gasteiger partial charge on any atom is 2.00 e. The summed E-state index contributed by atoms with van der Waals surface area (Å²) in [5.74, 6) is 0. The first-order chi connectivity index (χ1) is 2.83. The minimum Gasteiger partial charge on any atom is -0.878 e. The van der Waals surface area contributed by atoms with Gasteiger partial charge in [-0.25, -0.2) is 0 Å². The van der Waals surface area contributed by atoms with Crippen molar-refractivity contribution in [1.82, 2.24) is 0 Å². The van der Waals surface area contributed by atoms with Crippen LogP contribution in [0.3, 0.4) is 0 Å². The standard InChI is InChI=1S/2C2H4O.Mg/c2*1-2-3;/h2*2-3H,1H2;/q;;+2/p-2. The summed E-state index contributed by atoms with van der Waals surface area (Å²) < 4.78 is 0. The average Bonchev–Trinajstić information content (AvgIpc) is 1.39. The number of hydrogen-bond donors (Lipinski definition) is 0. The fourth-order valence-corrected chi connectivity index (χ4v) is 0. The Morgan fingerprint density at radius 3 is 1.00 bits per heavy atom. The minimum atomic E-state index is 0. The predicted molar refractivity (Wildman–Crippen MR) is 26.1 cm³/mol. The zero-order valence-electron chi connectivity index (χ0n) is 4.09. The van der Waals surface area contributed by atoms with Crippen molar-refractivity contribution in [2.24, 2.45) is 0 Å². The van der Waals surface area contributed by atoms with Crippen LogP contribution in [-0.4, -0.2) is 23.1 Å². The summed E-state index contributed by atoms with van der Waals surface area (Å²) in [5, 5.41) is 17.4. The Balaban J connectivity index is -0.0000000400. The van der Waals surface area contributed by atoms with Crippen molar-refractivity contribution in [2.75, 3.05) is 0 Å². The van der Waals surface area contributed by atoms with Gasteiger partial charge in [0.05, 0.1) is 0 Å². The molecule has 36 valence electrons. The van der Waals surface area contributed by atoms with E-state index in [0.717, 1.165) is 0 Å². The van der Waals surface area contributed by atoms with Gasteiger partial charge in [-0.3, -0.25) is 0 Å². The van der Waals surface area contributed by atoms with E-state index in [9.17, 15) is 0 Å². The summed E-state index contributed by atoms with van der Waals surface area (Å²) in [4.78, 5) is 0. The summed E-state index contributed by atoms with van der Waals surface area (Å²) in [6, 6.07) is 0. The van der Waals surface area contributed by atoms with E-state index in [2.05, 4.69) is 13.2 Å². The molecule has 0 atom stereocenters. The van der Waals surface area contributed by atoms with Crippen molar-refractivity contribution in [2.45, 2.75) is 0 Å². The SMILES string of the molecule is C=C[O-].C=C[O-].[Mg+2]. The van der Waals surface area contributed by atoms with Crippen LogP contribution in [0.5, 0.6) is 0 Å². The minimum absolute atomic E-state index is 0. The van der Waals surface area contributed by atoms with Crippen LogP contribution in [0.2, 0.25) is 0 Å². The van der Waals surface area contributed by atoms with Gasteiger partial charge in [-0.15, -0.1) is 13.2 Å². The molecular weight excluding hydrogens is 104 g/mol. The second-order valence-electron chi connectivity index (χ2n) is 0.333. The van der Waals surface area contributed by atoms with E-state index in [1.54, 1.807) is 0 Å². The molecule has 0 unspecified atom stereocenters.